The molecule has 0 N–H and O–H groups in total. The van der Waals surface area contributed by atoms with E-state index in [-0.39, 0.29) is 23.5 Å². The Morgan fingerprint density at radius 3 is 2.76 bits per heavy atom. The van der Waals surface area contributed by atoms with E-state index in [4.69, 9.17) is 14.3 Å². The molecule has 4 rings (SSSR count). The average molecular weight is 345 g/mol. The fourth-order valence-corrected chi connectivity index (χ4v) is 5.08. The van der Waals surface area contributed by atoms with Gasteiger partial charge in [0, 0.05) is 5.92 Å². The minimum absolute atomic E-state index is 0.0118. The summed E-state index contributed by atoms with van der Waals surface area (Å²) in [4.78, 5) is 18.4. The Hall–Kier alpha value is -1.43. The molecule has 2 saturated heterocycles. The van der Waals surface area contributed by atoms with Crippen LogP contribution in [0.1, 0.15) is 44.1 Å². The van der Waals surface area contributed by atoms with Crippen molar-refractivity contribution in [2.75, 3.05) is 13.7 Å². The lowest BCUT2D eigenvalue weighted by molar-refractivity contribution is -0.240. The summed E-state index contributed by atoms with van der Waals surface area (Å²) >= 11 is 0. The van der Waals surface area contributed by atoms with Gasteiger partial charge >= 0.3 is 5.97 Å². The maximum atomic E-state index is 12.2. The summed E-state index contributed by atoms with van der Waals surface area (Å²) in [5.41, 5.74) is 1.19. The van der Waals surface area contributed by atoms with Crippen LogP contribution in [-0.4, -0.2) is 42.4 Å². The van der Waals surface area contributed by atoms with Gasteiger partial charge in [0.25, 0.3) is 0 Å². The summed E-state index contributed by atoms with van der Waals surface area (Å²) in [5.74, 6) is 0.0292. The highest BCUT2D eigenvalue weighted by molar-refractivity contribution is 5.75. The molecule has 1 aliphatic carbocycles. The molecule has 5 heteroatoms. The van der Waals surface area contributed by atoms with E-state index in [0.717, 1.165) is 32.1 Å². The Kier molecular flexibility index (Phi) is 4.80. The standard InChI is InChI=1S/C20H27NO4/c1-23-19(22)18-17-10-6-12-20(17)11-5-9-16(21(20)25-18)14-24-13-15-7-3-2-4-8-15/h2-4,7-8,16-18H,5-6,9-14H2,1H3/t16-,17+,18+,20+/m0/s1. The zero-order valence-corrected chi connectivity index (χ0v) is 14.9. The van der Waals surface area contributed by atoms with E-state index in [1.807, 2.05) is 18.2 Å². The van der Waals surface area contributed by atoms with Crippen LogP contribution in [0.3, 0.4) is 0 Å². The lowest BCUT2D eigenvalue weighted by atomic mass is 9.76. The summed E-state index contributed by atoms with van der Waals surface area (Å²) in [6, 6.07) is 10.4. The number of hydrogen-bond acceptors (Lipinski definition) is 5. The zero-order chi connectivity index (χ0) is 17.3. The topological polar surface area (TPSA) is 48.0 Å². The second-order valence-electron chi connectivity index (χ2n) is 7.52. The number of benzene rings is 1. The smallest absolute Gasteiger partial charge is 0.337 e. The van der Waals surface area contributed by atoms with Gasteiger partial charge in [-0.25, -0.2) is 4.79 Å². The predicted octanol–water partition coefficient (Wildman–Crippen LogP) is 3.08. The largest absolute Gasteiger partial charge is 0.467 e. The maximum absolute atomic E-state index is 12.2. The van der Waals surface area contributed by atoms with E-state index in [2.05, 4.69) is 17.2 Å². The molecule has 3 aliphatic rings. The van der Waals surface area contributed by atoms with Gasteiger partial charge in [-0.1, -0.05) is 36.8 Å². The molecule has 2 aliphatic heterocycles. The second-order valence-corrected chi connectivity index (χ2v) is 7.52. The number of ether oxygens (including phenoxy) is 2. The molecule has 0 amide bonds. The van der Waals surface area contributed by atoms with E-state index in [1.165, 1.54) is 19.1 Å². The number of nitrogens with zero attached hydrogens (tertiary/aromatic N) is 1. The summed E-state index contributed by atoms with van der Waals surface area (Å²) < 4.78 is 11.0. The molecule has 136 valence electrons. The molecule has 0 bridgehead atoms. The number of methoxy groups -OCH3 is 1. The molecular weight excluding hydrogens is 318 g/mol. The van der Waals surface area contributed by atoms with Crippen molar-refractivity contribution in [3.63, 3.8) is 0 Å². The molecule has 1 saturated carbocycles. The molecule has 1 aromatic rings. The molecule has 1 aromatic carbocycles. The first-order chi connectivity index (χ1) is 12.2. The SMILES string of the molecule is COC(=O)[C@@H]1ON2[C@H](COCc3ccccc3)CCC[C@]23CCC[C@H]13. The van der Waals surface area contributed by atoms with Crippen LogP contribution in [0.25, 0.3) is 0 Å². The van der Waals surface area contributed by atoms with E-state index in [0.29, 0.717) is 13.2 Å². The summed E-state index contributed by atoms with van der Waals surface area (Å²) in [6.07, 6.45) is 6.22. The van der Waals surface area contributed by atoms with Crippen LogP contribution < -0.4 is 0 Å². The van der Waals surface area contributed by atoms with Gasteiger partial charge < -0.3 is 9.47 Å². The third-order valence-corrected chi connectivity index (χ3v) is 6.18. The first-order valence-electron chi connectivity index (χ1n) is 9.40. The lowest BCUT2D eigenvalue weighted by Gasteiger charge is -2.45. The average Bonchev–Trinajstić information content (AvgIpc) is 3.18. The third-order valence-electron chi connectivity index (χ3n) is 6.18. The first kappa shape index (κ1) is 17.0. The van der Waals surface area contributed by atoms with E-state index < -0.39 is 6.10 Å². The van der Waals surface area contributed by atoms with Gasteiger partial charge in [0.15, 0.2) is 6.10 Å². The highest BCUT2D eigenvalue weighted by Crippen LogP contribution is 2.54. The molecule has 4 atom stereocenters. The lowest BCUT2D eigenvalue weighted by Crippen LogP contribution is -2.54. The van der Waals surface area contributed by atoms with E-state index in [1.54, 1.807) is 0 Å². The first-order valence-corrected chi connectivity index (χ1v) is 9.40. The molecule has 2 heterocycles. The highest BCUT2D eigenvalue weighted by atomic mass is 16.7. The van der Waals surface area contributed by atoms with Crippen molar-refractivity contribution in [3.8, 4) is 0 Å². The number of carbonyl (C=O) groups excluding carboxylic acids is 1. The number of rotatable bonds is 5. The van der Waals surface area contributed by atoms with Gasteiger partial charge in [0.2, 0.25) is 0 Å². The van der Waals surface area contributed by atoms with Gasteiger partial charge in [-0.2, -0.15) is 5.06 Å². The Labute approximate surface area is 149 Å². The molecule has 25 heavy (non-hydrogen) atoms. The monoisotopic (exact) mass is 345 g/mol. The van der Waals surface area contributed by atoms with Crippen LogP contribution in [0.15, 0.2) is 30.3 Å². The van der Waals surface area contributed by atoms with Crippen LogP contribution >= 0.6 is 0 Å². The van der Waals surface area contributed by atoms with Gasteiger partial charge in [-0.05, 0) is 37.7 Å². The Morgan fingerprint density at radius 2 is 2.00 bits per heavy atom. The van der Waals surface area contributed by atoms with Crippen molar-refractivity contribution in [2.45, 2.75) is 62.8 Å². The van der Waals surface area contributed by atoms with Crippen molar-refractivity contribution >= 4 is 5.97 Å². The predicted molar refractivity (Wildman–Crippen MR) is 92.5 cm³/mol. The molecule has 0 radical (unpaired) electrons. The molecule has 1 spiro atoms. The maximum Gasteiger partial charge on any atom is 0.337 e. The molecule has 0 aromatic heterocycles. The summed E-state index contributed by atoms with van der Waals surface area (Å²) in [6.45, 7) is 1.25. The zero-order valence-electron chi connectivity index (χ0n) is 14.9. The second kappa shape index (κ2) is 7.06. The fraction of sp³-hybridized carbons (Fsp3) is 0.650. The van der Waals surface area contributed by atoms with Crippen molar-refractivity contribution in [1.29, 1.82) is 0 Å². The number of hydrogen-bond donors (Lipinski definition) is 0. The van der Waals surface area contributed by atoms with Crippen LogP contribution in [0.4, 0.5) is 0 Å². The Bertz CT molecular complexity index is 607. The van der Waals surface area contributed by atoms with Crippen molar-refractivity contribution in [2.24, 2.45) is 5.92 Å². The number of esters is 1. The van der Waals surface area contributed by atoms with Crippen molar-refractivity contribution < 1.29 is 19.1 Å². The minimum atomic E-state index is -0.442. The van der Waals surface area contributed by atoms with Crippen molar-refractivity contribution in [1.82, 2.24) is 5.06 Å². The third kappa shape index (κ3) is 2.98. The summed E-state index contributed by atoms with van der Waals surface area (Å²) in [7, 11) is 1.45. The van der Waals surface area contributed by atoms with Gasteiger partial charge in [0.05, 0.1) is 31.9 Å². The van der Waals surface area contributed by atoms with Crippen LogP contribution in [0.5, 0.6) is 0 Å². The van der Waals surface area contributed by atoms with E-state index >= 15 is 0 Å². The minimum Gasteiger partial charge on any atom is -0.467 e. The van der Waals surface area contributed by atoms with Crippen LogP contribution in [0.2, 0.25) is 0 Å². The van der Waals surface area contributed by atoms with Crippen LogP contribution in [-0.2, 0) is 25.7 Å². The Morgan fingerprint density at radius 1 is 1.24 bits per heavy atom. The fourth-order valence-electron chi connectivity index (χ4n) is 5.08. The molecular formula is C20H27NO4. The summed E-state index contributed by atoms with van der Waals surface area (Å²) in [5, 5.41) is 2.14. The van der Waals surface area contributed by atoms with Crippen LogP contribution in [0, 0.1) is 5.92 Å². The highest BCUT2D eigenvalue weighted by Gasteiger charge is 2.62. The molecule has 5 nitrogen and oxygen atoms in total. The normalized spacial score (nSPS) is 34.5. The number of carbonyl (C=O) groups is 1. The van der Waals surface area contributed by atoms with Gasteiger partial charge in [0.1, 0.15) is 0 Å². The van der Waals surface area contributed by atoms with Crippen molar-refractivity contribution in [3.05, 3.63) is 35.9 Å². The van der Waals surface area contributed by atoms with Gasteiger partial charge in [-0.15, -0.1) is 0 Å². The number of hydroxylamine groups is 2. The molecule has 0 unspecified atom stereocenters. The quantitative estimate of drug-likeness (QED) is 0.768. The van der Waals surface area contributed by atoms with E-state index in [9.17, 15) is 4.79 Å². The Balaban J connectivity index is 1.44. The number of piperidine rings is 1. The van der Waals surface area contributed by atoms with Gasteiger partial charge in [-0.3, -0.25) is 4.84 Å². The molecule has 3 fully saturated rings.